The van der Waals surface area contributed by atoms with Crippen molar-refractivity contribution in [3.05, 3.63) is 71.3 Å². The maximum Gasteiger partial charge on any atom is 0.230 e. The van der Waals surface area contributed by atoms with Gasteiger partial charge in [-0.15, -0.1) is 10.2 Å². The minimum absolute atomic E-state index is 0.0764. The van der Waals surface area contributed by atoms with Crippen LogP contribution in [0.1, 0.15) is 16.7 Å². The van der Waals surface area contributed by atoms with Crippen LogP contribution < -0.4 is 5.32 Å². The number of aryl methyl sites for hydroxylation is 1. The lowest BCUT2D eigenvalue weighted by atomic mass is 10.1. The zero-order valence-corrected chi connectivity index (χ0v) is 14.9. The van der Waals surface area contributed by atoms with Crippen LogP contribution >= 0.6 is 23.1 Å². The molecule has 4 nitrogen and oxygen atoms in total. The Hall–Kier alpha value is -2.18. The fourth-order valence-corrected chi connectivity index (χ4v) is 3.82. The monoisotopic (exact) mass is 355 g/mol. The summed E-state index contributed by atoms with van der Waals surface area (Å²) in [7, 11) is 0. The molecule has 0 saturated carbocycles. The van der Waals surface area contributed by atoms with Crippen molar-refractivity contribution in [3.63, 3.8) is 0 Å². The van der Waals surface area contributed by atoms with Gasteiger partial charge in [-0.3, -0.25) is 4.79 Å². The molecule has 1 N–H and O–H groups in total. The molecular weight excluding hydrogens is 338 g/mol. The van der Waals surface area contributed by atoms with Crippen molar-refractivity contribution in [3.8, 4) is 0 Å². The molecule has 24 heavy (non-hydrogen) atoms. The van der Waals surface area contributed by atoms with Gasteiger partial charge in [0.2, 0.25) is 11.0 Å². The van der Waals surface area contributed by atoms with Gasteiger partial charge in [-0.1, -0.05) is 83.3 Å². The third-order valence-electron chi connectivity index (χ3n) is 3.34. The van der Waals surface area contributed by atoms with E-state index in [1.165, 1.54) is 22.5 Å². The van der Waals surface area contributed by atoms with Crippen LogP contribution in [-0.4, -0.2) is 16.1 Å². The number of hydrogen-bond donors (Lipinski definition) is 1. The van der Waals surface area contributed by atoms with E-state index in [4.69, 9.17) is 0 Å². The molecule has 0 spiro atoms. The number of aromatic nitrogens is 2. The lowest BCUT2D eigenvalue weighted by molar-refractivity contribution is -0.115. The minimum atomic E-state index is -0.0764. The van der Waals surface area contributed by atoms with E-state index in [1.54, 1.807) is 11.8 Å². The SMILES string of the molecule is Cc1ccc(CSc2nnc(NC(=O)Cc3ccccc3)s2)cc1. The molecule has 1 amide bonds. The van der Waals surface area contributed by atoms with Crippen molar-refractivity contribution in [1.82, 2.24) is 10.2 Å². The van der Waals surface area contributed by atoms with E-state index in [2.05, 4.69) is 46.7 Å². The van der Waals surface area contributed by atoms with Gasteiger partial charge in [0.1, 0.15) is 0 Å². The van der Waals surface area contributed by atoms with Crippen LogP contribution in [0.2, 0.25) is 0 Å². The van der Waals surface area contributed by atoms with Crippen LogP contribution in [0.15, 0.2) is 58.9 Å². The third kappa shape index (κ3) is 4.91. The Labute approximate surface area is 149 Å². The maximum atomic E-state index is 12.0. The van der Waals surface area contributed by atoms with E-state index < -0.39 is 0 Å². The van der Waals surface area contributed by atoms with Crippen molar-refractivity contribution in [2.45, 2.75) is 23.4 Å². The topological polar surface area (TPSA) is 54.9 Å². The summed E-state index contributed by atoms with van der Waals surface area (Å²) in [5, 5.41) is 11.5. The molecule has 0 aliphatic rings. The zero-order chi connectivity index (χ0) is 16.8. The van der Waals surface area contributed by atoms with E-state index in [0.29, 0.717) is 11.6 Å². The highest BCUT2D eigenvalue weighted by molar-refractivity contribution is 8.00. The number of carbonyl (C=O) groups excluding carboxylic acids is 1. The van der Waals surface area contributed by atoms with Gasteiger partial charge in [-0.05, 0) is 18.1 Å². The first-order chi connectivity index (χ1) is 11.7. The molecule has 0 atom stereocenters. The number of rotatable bonds is 6. The van der Waals surface area contributed by atoms with Gasteiger partial charge in [0.15, 0.2) is 4.34 Å². The minimum Gasteiger partial charge on any atom is -0.300 e. The lowest BCUT2D eigenvalue weighted by Gasteiger charge is -2.01. The van der Waals surface area contributed by atoms with Gasteiger partial charge in [0.05, 0.1) is 6.42 Å². The molecule has 0 saturated heterocycles. The Kier molecular flexibility index (Phi) is 5.61. The van der Waals surface area contributed by atoms with E-state index in [9.17, 15) is 4.79 Å². The second-order valence-corrected chi connectivity index (χ2v) is 7.56. The number of anilines is 1. The Morgan fingerprint density at radius 3 is 2.54 bits per heavy atom. The first-order valence-corrected chi connectivity index (χ1v) is 9.35. The van der Waals surface area contributed by atoms with E-state index in [1.807, 2.05) is 30.3 Å². The molecule has 0 aliphatic heterocycles. The van der Waals surface area contributed by atoms with Crippen LogP contribution in [-0.2, 0) is 17.0 Å². The summed E-state index contributed by atoms with van der Waals surface area (Å²) in [6.45, 7) is 2.08. The number of nitrogens with one attached hydrogen (secondary N) is 1. The highest BCUT2D eigenvalue weighted by atomic mass is 32.2. The largest absolute Gasteiger partial charge is 0.300 e. The van der Waals surface area contributed by atoms with Crippen LogP contribution in [0.25, 0.3) is 0 Å². The summed E-state index contributed by atoms with van der Waals surface area (Å²) < 4.78 is 0.852. The molecule has 0 unspecified atom stereocenters. The molecule has 1 heterocycles. The van der Waals surface area contributed by atoms with Gasteiger partial charge in [-0.25, -0.2) is 0 Å². The second kappa shape index (κ2) is 8.08. The predicted molar refractivity (Wildman–Crippen MR) is 99.4 cm³/mol. The fourth-order valence-electron chi connectivity index (χ4n) is 2.09. The summed E-state index contributed by atoms with van der Waals surface area (Å²) >= 11 is 3.03. The van der Waals surface area contributed by atoms with Crippen LogP contribution in [0.3, 0.4) is 0 Å². The van der Waals surface area contributed by atoms with Crippen molar-refractivity contribution < 1.29 is 4.79 Å². The number of hydrogen-bond acceptors (Lipinski definition) is 5. The standard InChI is InChI=1S/C18H17N3OS2/c1-13-7-9-15(10-8-13)12-23-18-21-20-17(24-18)19-16(22)11-14-5-3-2-4-6-14/h2-10H,11-12H2,1H3,(H,19,20,22). The molecule has 0 bridgehead atoms. The Morgan fingerprint density at radius 1 is 1.04 bits per heavy atom. The quantitative estimate of drug-likeness (QED) is 0.528. The first-order valence-electron chi connectivity index (χ1n) is 7.55. The van der Waals surface area contributed by atoms with Crippen molar-refractivity contribution in [2.24, 2.45) is 0 Å². The number of amides is 1. The molecule has 6 heteroatoms. The lowest BCUT2D eigenvalue weighted by Crippen LogP contribution is -2.14. The number of thioether (sulfide) groups is 1. The van der Waals surface area contributed by atoms with Crippen molar-refractivity contribution in [1.29, 1.82) is 0 Å². The zero-order valence-electron chi connectivity index (χ0n) is 13.2. The number of benzene rings is 2. The molecule has 0 fully saturated rings. The summed E-state index contributed by atoms with van der Waals surface area (Å²) in [6, 6.07) is 18.1. The maximum absolute atomic E-state index is 12.0. The van der Waals surface area contributed by atoms with Gasteiger partial charge in [-0.2, -0.15) is 0 Å². The average molecular weight is 355 g/mol. The molecular formula is C18H17N3OS2. The third-order valence-corrected chi connectivity index (χ3v) is 5.39. The Morgan fingerprint density at radius 2 is 1.79 bits per heavy atom. The van der Waals surface area contributed by atoms with Gasteiger partial charge >= 0.3 is 0 Å². The van der Waals surface area contributed by atoms with Crippen LogP contribution in [0.5, 0.6) is 0 Å². The Bertz CT molecular complexity index is 801. The van der Waals surface area contributed by atoms with Gasteiger partial charge in [0.25, 0.3) is 0 Å². The van der Waals surface area contributed by atoms with Crippen LogP contribution in [0.4, 0.5) is 5.13 Å². The van der Waals surface area contributed by atoms with Crippen molar-refractivity contribution in [2.75, 3.05) is 5.32 Å². The van der Waals surface area contributed by atoms with Gasteiger partial charge < -0.3 is 5.32 Å². The summed E-state index contributed by atoms with van der Waals surface area (Å²) in [5.41, 5.74) is 3.48. The van der Waals surface area contributed by atoms with E-state index >= 15 is 0 Å². The molecule has 2 aromatic carbocycles. The fraction of sp³-hybridized carbons (Fsp3) is 0.167. The summed E-state index contributed by atoms with van der Waals surface area (Å²) in [5.74, 6) is 0.764. The van der Waals surface area contributed by atoms with Crippen LogP contribution in [0, 0.1) is 6.92 Å². The molecule has 3 rings (SSSR count). The van der Waals surface area contributed by atoms with E-state index in [0.717, 1.165) is 15.7 Å². The van der Waals surface area contributed by atoms with Crippen molar-refractivity contribution >= 4 is 34.1 Å². The highest BCUT2D eigenvalue weighted by Gasteiger charge is 2.09. The average Bonchev–Trinajstić information content (AvgIpc) is 3.02. The first kappa shape index (κ1) is 16.7. The molecule has 3 aromatic rings. The van der Waals surface area contributed by atoms with Gasteiger partial charge in [0, 0.05) is 5.75 Å². The number of nitrogens with zero attached hydrogens (tertiary/aromatic N) is 2. The summed E-state index contributed by atoms with van der Waals surface area (Å²) in [4.78, 5) is 12.0. The molecule has 1 aromatic heterocycles. The molecule has 0 aliphatic carbocycles. The second-order valence-electron chi connectivity index (χ2n) is 5.36. The predicted octanol–water partition coefficient (Wildman–Crippen LogP) is 4.32. The number of carbonyl (C=O) groups is 1. The smallest absolute Gasteiger partial charge is 0.230 e. The Balaban J connectivity index is 1.51. The summed E-state index contributed by atoms with van der Waals surface area (Å²) in [6.07, 6.45) is 0.340. The molecule has 0 radical (unpaired) electrons. The van der Waals surface area contributed by atoms with E-state index in [-0.39, 0.29) is 5.91 Å². The highest BCUT2D eigenvalue weighted by Crippen LogP contribution is 2.28. The molecule has 122 valence electrons. The normalized spacial score (nSPS) is 10.5.